The topological polar surface area (TPSA) is 75.4 Å². The van der Waals surface area contributed by atoms with E-state index in [9.17, 15) is 15.2 Å². The van der Waals surface area contributed by atoms with E-state index in [0.29, 0.717) is 10.2 Å². The summed E-state index contributed by atoms with van der Waals surface area (Å²) in [6.45, 7) is 0.239. The molecule has 0 amide bonds. The van der Waals surface area contributed by atoms with Crippen molar-refractivity contribution in [3.05, 3.63) is 32.8 Å². The van der Waals surface area contributed by atoms with Crippen LogP contribution in [0.25, 0.3) is 0 Å². The molecule has 0 spiro atoms. The van der Waals surface area contributed by atoms with Crippen molar-refractivity contribution in [3.63, 3.8) is 0 Å². The number of benzene rings is 1. The number of rotatable bonds is 5. The van der Waals surface area contributed by atoms with Gasteiger partial charge in [0, 0.05) is 23.2 Å². The Labute approximate surface area is 106 Å². The minimum Gasteiger partial charge on any atom is -0.390 e. The summed E-state index contributed by atoms with van der Waals surface area (Å²) in [5, 5.41) is 22.7. The van der Waals surface area contributed by atoms with Gasteiger partial charge in [-0.25, -0.2) is 0 Å². The van der Waals surface area contributed by atoms with Crippen LogP contribution in [0.15, 0.2) is 22.7 Å². The van der Waals surface area contributed by atoms with E-state index >= 15 is 0 Å². The van der Waals surface area contributed by atoms with Gasteiger partial charge in [-0.3, -0.25) is 10.1 Å². The summed E-state index contributed by atoms with van der Waals surface area (Å²) in [4.78, 5) is 10.1. The molecular weight excluding hydrogens is 299 g/mol. The van der Waals surface area contributed by atoms with E-state index in [2.05, 4.69) is 21.2 Å². The Morgan fingerprint density at radius 1 is 1.62 bits per heavy atom. The van der Waals surface area contributed by atoms with Gasteiger partial charge in [-0.2, -0.15) is 0 Å². The van der Waals surface area contributed by atoms with Gasteiger partial charge in [-0.05, 0) is 22.0 Å². The van der Waals surface area contributed by atoms with Crippen molar-refractivity contribution < 1.29 is 10.0 Å². The van der Waals surface area contributed by atoms with Gasteiger partial charge in [0.05, 0.1) is 22.6 Å². The van der Waals surface area contributed by atoms with E-state index in [4.69, 9.17) is 11.6 Å². The largest absolute Gasteiger partial charge is 0.390 e. The maximum atomic E-state index is 10.6. The van der Waals surface area contributed by atoms with Crippen molar-refractivity contribution in [2.75, 3.05) is 17.7 Å². The van der Waals surface area contributed by atoms with E-state index in [1.54, 1.807) is 6.07 Å². The van der Waals surface area contributed by atoms with Crippen LogP contribution in [0.5, 0.6) is 0 Å². The van der Waals surface area contributed by atoms with Crippen LogP contribution in [0.4, 0.5) is 11.4 Å². The predicted molar refractivity (Wildman–Crippen MR) is 66.0 cm³/mol. The van der Waals surface area contributed by atoms with Crippen LogP contribution >= 0.6 is 27.5 Å². The Morgan fingerprint density at radius 2 is 2.31 bits per heavy atom. The molecule has 1 aromatic carbocycles. The second-order valence-electron chi connectivity index (χ2n) is 3.11. The van der Waals surface area contributed by atoms with Crippen LogP contribution in [0.3, 0.4) is 0 Å². The van der Waals surface area contributed by atoms with Crippen molar-refractivity contribution in [1.29, 1.82) is 0 Å². The Hall–Kier alpha value is -0.850. The molecule has 88 valence electrons. The van der Waals surface area contributed by atoms with E-state index in [1.807, 2.05) is 0 Å². The first-order chi connectivity index (χ1) is 7.54. The third-order valence-electron chi connectivity index (χ3n) is 1.87. The number of anilines is 1. The number of hydrogen-bond donors (Lipinski definition) is 2. The first kappa shape index (κ1) is 13.2. The molecule has 1 atom stereocenters. The van der Waals surface area contributed by atoms with Crippen LogP contribution in [0.2, 0.25) is 0 Å². The fourth-order valence-electron chi connectivity index (χ4n) is 1.04. The first-order valence-corrected chi connectivity index (χ1v) is 5.79. The lowest BCUT2D eigenvalue weighted by Crippen LogP contribution is -2.20. The second-order valence-corrected chi connectivity index (χ2v) is 4.27. The molecule has 16 heavy (non-hydrogen) atoms. The van der Waals surface area contributed by atoms with Gasteiger partial charge in [0.1, 0.15) is 0 Å². The molecule has 1 aromatic rings. The normalized spacial score (nSPS) is 12.2. The Morgan fingerprint density at radius 3 is 2.88 bits per heavy atom. The van der Waals surface area contributed by atoms with Crippen molar-refractivity contribution in [1.82, 2.24) is 0 Å². The maximum Gasteiger partial charge on any atom is 0.271 e. The number of hydrogen-bond acceptors (Lipinski definition) is 4. The van der Waals surface area contributed by atoms with Gasteiger partial charge in [-0.15, -0.1) is 11.6 Å². The Bertz CT molecular complexity index is 389. The fourth-order valence-corrected chi connectivity index (χ4v) is 1.54. The zero-order chi connectivity index (χ0) is 12.1. The van der Waals surface area contributed by atoms with E-state index in [0.717, 1.165) is 0 Å². The highest BCUT2D eigenvalue weighted by Gasteiger charge is 2.10. The molecule has 0 saturated carbocycles. The summed E-state index contributed by atoms with van der Waals surface area (Å²) in [5.74, 6) is 0.111. The predicted octanol–water partition coefficient (Wildman–Crippen LogP) is 2.37. The van der Waals surface area contributed by atoms with Crippen molar-refractivity contribution in [2.24, 2.45) is 0 Å². The number of halogens is 2. The number of aliphatic hydroxyl groups is 1. The number of alkyl halides is 1. The van der Waals surface area contributed by atoms with Crippen LogP contribution in [-0.2, 0) is 0 Å². The molecule has 5 nitrogen and oxygen atoms in total. The lowest BCUT2D eigenvalue weighted by molar-refractivity contribution is -0.384. The molecule has 1 unspecified atom stereocenters. The number of nitrogens with zero attached hydrogens (tertiary/aromatic N) is 1. The Kier molecular flexibility index (Phi) is 4.98. The molecule has 0 aliphatic rings. The SMILES string of the molecule is O=[N+]([O-])c1ccc(Br)c(NCC(O)CCl)c1. The van der Waals surface area contributed by atoms with E-state index < -0.39 is 11.0 Å². The van der Waals surface area contributed by atoms with Gasteiger partial charge < -0.3 is 10.4 Å². The smallest absolute Gasteiger partial charge is 0.271 e. The number of aliphatic hydroxyl groups excluding tert-OH is 1. The molecule has 2 N–H and O–H groups in total. The fraction of sp³-hybridized carbons (Fsp3) is 0.333. The van der Waals surface area contributed by atoms with E-state index in [1.165, 1.54) is 12.1 Å². The van der Waals surface area contributed by atoms with Crippen LogP contribution in [0, 0.1) is 10.1 Å². The standard InChI is InChI=1S/C9H10BrClN2O3/c10-8-2-1-6(13(15)16)3-9(8)12-5-7(14)4-11/h1-3,7,12,14H,4-5H2. The maximum absolute atomic E-state index is 10.6. The van der Waals surface area contributed by atoms with Gasteiger partial charge in [0.2, 0.25) is 0 Å². The molecule has 0 aliphatic carbocycles. The monoisotopic (exact) mass is 308 g/mol. The van der Waals surface area contributed by atoms with E-state index in [-0.39, 0.29) is 18.1 Å². The third-order valence-corrected chi connectivity index (χ3v) is 2.91. The third kappa shape index (κ3) is 3.62. The average Bonchev–Trinajstić information content (AvgIpc) is 2.27. The summed E-state index contributed by atoms with van der Waals surface area (Å²) in [6, 6.07) is 4.37. The summed E-state index contributed by atoms with van der Waals surface area (Å²) in [7, 11) is 0. The quantitative estimate of drug-likeness (QED) is 0.497. The number of non-ortho nitro benzene ring substituents is 1. The molecule has 0 radical (unpaired) electrons. The average molecular weight is 310 g/mol. The highest BCUT2D eigenvalue weighted by atomic mass is 79.9. The molecule has 0 bridgehead atoms. The Balaban J connectivity index is 2.78. The first-order valence-electron chi connectivity index (χ1n) is 4.46. The van der Waals surface area contributed by atoms with Crippen molar-refractivity contribution >= 4 is 38.9 Å². The lowest BCUT2D eigenvalue weighted by Gasteiger charge is -2.11. The van der Waals surface area contributed by atoms with Gasteiger partial charge in [0.15, 0.2) is 0 Å². The molecule has 1 rings (SSSR count). The lowest BCUT2D eigenvalue weighted by atomic mass is 10.2. The number of nitro groups is 1. The van der Waals surface area contributed by atoms with Crippen LogP contribution in [0.1, 0.15) is 0 Å². The summed E-state index contributed by atoms with van der Waals surface area (Å²) in [6.07, 6.45) is -0.687. The number of nitrogens with one attached hydrogen (secondary N) is 1. The highest BCUT2D eigenvalue weighted by Crippen LogP contribution is 2.26. The molecule has 0 aliphatic heterocycles. The van der Waals surface area contributed by atoms with Crippen LogP contribution < -0.4 is 5.32 Å². The molecule has 0 fully saturated rings. The number of nitro benzene ring substituents is 1. The van der Waals surface area contributed by atoms with Gasteiger partial charge >= 0.3 is 0 Å². The molecule has 7 heteroatoms. The minimum absolute atomic E-state index is 0.00827. The van der Waals surface area contributed by atoms with Crippen LogP contribution in [-0.4, -0.2) is 28.6 Å². The molecule has 0 saturated heterocycles. The highest BCUT2D eigenvalue weighted by molar-refractivity contribution is 9.10. The zero-order valence-electron chi connectivity index (χ0n) is 8.19. The van der Waals surface area contributed by atoms with Gasteiger partial charge in [-0.1, -0.05) is 0 Å². The second kappa shape index (κ2) is 6.03. The molecule has 0 heterocycles. The summed E-state index contributed by atoms with van der Waals surface area (Å²) >= 11 is 8.68. The van der Waals surface area contributed by atoms with Crippen molar-refractivity contribution in [3.8, 4) is 0 Å². The minimum atomic E-state index is -0.687. The summed E-state index contributed by atoms with van der Waals surface area (Å²) in [5.41, 5.74) is 0.546. The summed E-state index contributed by atoms with van der Waals surface area (Å²) < 4.78 is 0.694. The van der Waals surface area contributed by atoms with Crippen molar-refractivity contribution in [2.45, 2.75) is 6.10 Å². The molecule has 0 aromatic heterocycles. The molecular formula is C9H10BrClN2O3. The zero-order valence-corrected chi connectivity index (χ0v) is 10.5. The van der Waals surface area contributed by atoms with Gasteiger partial charge in [0.25, 0.3) is 5.69 Å².